The average molecular weight is 367 g/mol. The predicted octanol–water partition coefficient (Wildman–Crippen LogP) is 4.71. The number of rotatable bonds is 7. The molecule has 1 amide bonds. The summed E-state index contributed by atoms with van der Waals surface area (Å²) >= 11 is 0. The van der Waals surface area contributed by atoms with Crippen molar-refractivity contribution in [2.24, 2.45) is 0 Å². The lowest BCUT2D eigenvalue weighted by Gasteiger charge is -2.25. The maximum Gasteiger partial charge on any atom is 0.287 e. The minimum atomic E-state index is -0.322. The molecular weight excluding hydrogens is 345 g/mol. The van der Waals surface area contributed by atoms with Crippen molar-refractivity contribution in [3.8, 4) is 5.75 Å². The van der Waals surface area contributed by atoms with Crippen molar-refractivity contribution >= 4 is 5.91 Å². The molecule has 3 rings (SSSR count). The summed E-state index contributed by atoms with van der Waals surface area (Å²) in [5, 5.41) is 2.92. The Kier molecular flexibility index (Phi) is 5.60. The Bertz CT molecular complexity index is 885. The van der Waals surface area contributed by atoms with Gasteiger partial charge in [0.15, 0.2) is 5.76 Å². The molecule has 0 aliphatic rings. The minimum absolute atomic E-state index is 0.161. The van der Waals surface area contributed by atoms with E-state index in [-0.39, 0.29) is 29.5 Å². The van der Waals surface area contributed by atoms with Crippen LogP contribution in [0.4, 0.5) is 4.39 Å². The molecule has 0 aliphatic carbocycles. The van der Waals surface area contributed by atoms with Gasteiger partial charge in [-0.15, -0.1) is 0 Å². The molecule has 0 bridgehead atoms. The van der Waals surface area contributed by atoms with Crippen LogP contribution >= 0.6 is 0 Å². The zero-order valence-electron chi connectivity index (χ0n) is 15.4. The lowest BCUT2D eigenvalue weighted by molar-refractivity contribution is 0.0913. The Balaban J connectivity index is 1.54. The van der Waals surface area contributed by atoms with E-state index in [0.29, 0.717) is 18.1 Å². The highest BCUT2D eigenvalue weighted by molar-refractivity contribution is 5.91. The Morgan fingerprint density at radius 1 is 1.04 bits per heavy atom. The maximum absolute atomic E-state index is 12.9. The van der Waals surface area contributed by atoms with Gasteiger partial charge in [-0.3, -0.25) is 4.79 Å². The van der Waals surface area contributed by atoms with Gasteiger partial charge in [0.1, 0.15) is 23.9 Å². The number of furan rings is 1. The van der Waals surface area contributed by atoms with Crippen LogP contribution in [0.25, 0.3) is 0 Å². The second-order valence-corrected chi connectivity index (χ2v) is 6.94. The van der Waals surface area contributed by atoms with Crippen LogP contribution in [0.2, 0.25) is 0 Å². The quantitative estimate of drug-likeness (QED) is 0.658. The zero-order valence-corrected chi connectivity index (χ0v) is 15.4. The lowest BCUT2D eigenvalue weighted by Crippen LogP contribution is -2.36. The molecular formula is C22H22FNO3. The highest BCUT2D eigenvalue weighted by Crippen LogP contribution is 2.22. The van der Waals surface area contributed by atoms with E-state index in [2.05, 4.69) is 19.2 Å². The molecule has 2 aromatic carbocycles. The third kappa shape index (κ3) is 4.97. The summed E-state index contributed by atoms with van der Waals surface area (Å²) in [6, 6.07) is 19.1. The minimum Gasteiger partial charge on any atom is -0.486 e. The molecule has 1 heterocycles. The van der Waals surface area contributed by atoms with E-state index in [4.69, 9.17) is 9.15 Å². The molecule has 0 unspecified atom stereocenters. The topological polar surface area (TPSA) is 51.5 Å². The predicted molar refractivity (Wildman–Crippen MR) is 101 cm³/mol. The lowest BCUT2D eigenvalue weighted by atomic mass is 9.84. The standard InChI is InChI=1S/C22H22FNO3/c1-22(2,16-6-4-3-5-7-16)15-24-21(25)20-13-12-19(27-20)14-26-18-10-8-17(23)9-11-18/h3-13H,14-15H2,1-2H3,(H,24,25). The highest BCUT2D eigenvalue weighted by atomic mass is 19.1. The Morgan fingerprint density at radius 2 is 1.74 bits per heavy atom. The molecule has 4 nitrogen and oxygen atoms in total. The van der Waals surface area contributed by atoms with Crippen LogP contribution in [-0.4, -0.2) is 12.5 Å². The molecule has 0 saturated heterocycles. The van der Waals surface area contributed by atoms with Crippen LogP contribution < -0.4 is 10.1 Å². The van der Waals surface area contributed by atoms with E-state index in [0.717, 1.165) is 5.56 Å². The molecule has 0 spiro atoms. The van der Waals surface area contributed by atoms with Crippen LogP contribution in [0.15, 0.2) is 71.1 Å². The van der Waals surface area contributed by atoms with E-state index in [9.17, 15) is 9.18 Å². The Labute approximate surface area is 158 Å². The van der Waals surface area contributed by atoms with Crippen LogP contribution in [0, 0.1) is 5.82 Å². The molecule has 1 N–H and O–H groups in total. The number of carbonyl (C=O) groups is 1. The maximum atomic E-state index is 12.9. The van der Waals surface area contributed by atoms with Gasteiger partial charge < -0.3 is 14.5 Å². The van der Waals surface area contributed by atoms with Crippen LogP contribution in [0.5, 0.6) is 5.75 Å². The van der Waals surface area contributed by atoms with Gasteiger partial charge in [0.05, 0.1) is 0 Å². The number of nitrogens with one attached hydrogen (secondary N) is 1. The zero-order chi connectivity index (χ0) is 19.3. The summed E-state index contributed by atoms with van der Waals surface area (Å²) in [6.07, 6.45) is 0. The summed E-state index contributed by atoms with van der Waals surface area (Å²) < 4.78 is 24.0. The number of ether oxygens (including phenoxy) is 1. The number of hydrogen-bond acceptors (Lipinski definition) is 3. The molecule has 140 valence electrons. The van der Waals surface area contributed by atoms with E-state index >= 15 is 0 Å². The normalized spacial score (nSPS) is 11.2. The van der Waals surface area contributed by atoms with Crippen molar-refractivity contribution in [2.75, 3.05) is 6.54 Å². The van der Waals surface area contributed by atoms with Crippen molar-refractivity contribution in [3.05, 3.63) is 89.6 Å². The van der Waals surface area contributed by atoms with Gasteiger partial charge in [0.25, 0.3) is 5.91 Å². The Morgan fingerprint density at radius 3 is 2.44 bits per heavy atom. The molecule has 0 radical (unpaired) electrons. The van der Waals surface area contributed by atoms with Gasteiger partial charge >= 0.3 is 0 Å². The molecule has 3 aromatic rings. The monoisotopic (exact) mass is 367 g/mol. The fraction of sp³-hybridized carbons (Fsp3) is 0.227. The van der Waals surface area contributed by atoms with Crippen molar-refractivity contribution in [2.45, 2.75) is 25.9 Å². The van der Waals surface area contributed by atoms with E-state index in [1.807, 2.05) is 30.3 Å². The van der Waals surface area contributed by atoms with Crippen LogP contribution in [0.1, 0.15) is 35.7 Å². The number of hydrogen-bond donors (Lipinski definition) is 1. The third-order valence-corrected chi connectivity index (χ3v) is 4.33. The van der Waals surface area contributed by atoms with E-state index < -0.39 is 0 Å². The number of carbonyl (C=O) groups excluding carboxylic acids is 1. The molecule has 0 atom stereocenters. The summed E-state index contributed by atoms with van der Waals surface area (Å²) in [7, 11) is 0. The second kappa shape index (κ2) is 8.08. The summed E-state index contributed by atoms with van der Waals surface area (Å²) in [5.41, 5.74) is 0.955. The molecule has 27 heavy (non-hydrogen) atoms. The first-order chi connectivity index (χ1) is 12.9. The van der Waals surface area contributed by atoms with Gasteiger partial charge in [0, 0.05) is 12.0 Å². The van der Waals surface area contributed by atoms with Crippen molar-refractivity contribution in [1.29, 1.82) is 0 Å². The van der Waals surface area contributed by atoms with Gasteiger partial charge in [0.2, 0.25) is 0 Å². The first kappa shape index (κ1) is 18.7. The first-order valence-corrected chi connectivity index (χ1v) is 8.75. The molecule has 5 heteroatoms. The summed E-state index contributed by atoms with van der Waals surface area (Å²) in [4.78, 5) is 12.4. The second-order valence-electron chi connectivity index (χ2n) is 6.94. The van der Waals surface area contributed by atoms with E-state index in [1.165, 1.54) is 24.3 Å². The number of amides is 1. The first-order valence-electron chi connectivity index (χ1n) is 8.75. The average Bonchev–Trinajstić information content (AvgIpc) is 3.16. The molecule has 0 saturated carbocycles. The van der Waals surface area contributed by atoms with E-state index in [1.54, 1.807) is 12.1 Å². The summed E-state index contributed by atoms with van der Waals surface area (Å²) in [5.74, 6) is 0.691. The molecule has 0 fully saturated rings. The van der Waals surface area contributed by atoms with Crippen molar-refractivity contribution < 1.29 is 18.3 Å². The van der Waals surface area contributed by atoms with Crippen LogP contribution in [-0.2, 0) is 12.0 Å². The van der Waals surface area contributed by atoms with Crippen molar-refractivity contribution in [3.63, 3.8) is 0 Å². The van der Waals surface area contributed by atoms with Gasteiger partial charge in [-0.1, -0.05) is 44.2 Å². The van der Waals surface area contributed by atoms with Crippen molar-refractivity contribution in [1.82, 2.24) is 5.32 Å². The number of halogens is 1. The molecule has 0 aliphatic heterocycles. The third-order valence-electron chi connectivity index (χ3n) is 4.33. The fourth-order valence-electron chi connectivity index (χ4n) is 2.64. The smallest absolute Gasteiger partial charge is 0.287 e. The highest BCUT2D eigenvalue weighted by Gasteiger charge is 2.22. The Hall–Kier alpha value is -3.08. The number of benzene rings is 2. The summed E-state index contributed by atoms with van der Waals surface area (Å²) in [6.45, 7) is 4.80. The van der Waals surface area contributed by atoms with Gasteiger partial charge in [-0.25, -0.2) is 4.39 Å². The van der Waals surface area contributed by atoms with Crippen LogP contribution in [0.3, 0.4) is 0 Å². The molecule has 1 aromatic heterocycles. The SMILES string of the molecule is CC(C)(CNC(=O)c1ccc(COc2ccc(F)cc2)o1)c1ccccc1. The fourth-order valence-corrected chi connectivity index (χ4v) is 2.64. The van der Waals surface area contributed by atoms with Gasteiger partial charge in [-0.05, 0) is 42.0 Å². The van der Waals surface area contributed by atoms with Gasteiger partial charge in [-0.2, -0.15) is 0 Å². The largest absolute Gasteiger partial charge is 0.486 e.